The molecule has 3 nitrogen and oxygen atoms in total. The molecule has 0 saturated carbocycles. The van der Waals surface area contributed by atoms with E-state index >= 15 is 0 Å². The first kappa shape index (κ1) is 12.4. The van der Waals surface area contributed by atoms with Gasteiger partial charge >= 0.3 is 0 Å². The molecular weight excluding hydrogens is 268 g/mol. The molecule has 2 bridgehead atoms. The van der Waals surface area contributed by atoms with Crippen LogP contribution in [0.1, 0.15) is 23.2 Å². The summed E-state index contributed by atoms with van der Waals surface area (Å²) in [7, 11) is 0. The average molecular weight is 286 g/mol. The van der Waals surface area contributed by atoms with Gasteiger partial charge in [0.05, 0.1) is 0 Å². The van der Waals surface area contributed by atoms with Crippen LogP contribution in [-0.4, -0.2) is 36.5 Å². The molecule has 2 saturated heterocycles. The predicted molar refractivity (Wildman–Crippen MR) is 82.2 cm³/mol. The number of rotatable bonds is 2. The largest absolute Gasteiger partial charge is 0.348 e. The van der Waals surface area contributed by atoms with Gasteiger partial charge in [0.2, 0.25) is 0 Å². The van der Waals surface area contributed by atoms with Gasteiger partial charge < -0.3 is 10.2 Å². The van der Waals surface area contributed by atoms with Crippen molar-refractivity contribution in [3.8, 4) is 0 Å². The van der Waals surface area contributed by atoms with E-state index in [1.54, 1.807) is 11.3 Å². The molecule has 3 heterocycles. The van der Waals surface area contributed by atoms with Crippen molar-refractivity contribution in [1.82, 2.24) is 10.2 Å². The van der Waals surface area contributed by atoms with E-state index in [4.69, 9.17) is 0 Å². The van der Waals surface area contributed by atoms with Gasteiger partial charge in [-0.25, -0.2) is 0 Å². The van der Waals surface area contributed by atoms with Crippen LogP contribution >= 0.6 is 11.3 Å². The summed E-state index contributed by atoms with van der Waals surface area (Å²) in [5.41, 5.74) is 0.781. The molecule has 0 radical (unpaired) electrons. The minimum absolute atomic E-state index is 0.0746. The van der Waals surface area contributed by atoms with E-state index in [-0.39, 0.29) is 5.91 Å². The molecule has 2 fully saturated rings. The molecule has 2 aliphatic rings. The molecule has 20 heavy (non-hydrogen) atoms. The van der Waals surface area contributed by atoms with Crippen molar-refractivity contribution in [2.75, 3.05) is 19.6 Å². The van der Waals surface area contributed by atoms with Crippen molar-refractivity contribution in [3.63, 3.8) is 0 Å². The van der Waals surface area contributed by atoms with Crippen molar-refractivity contribution >= 4 is 27.3 Å². The molecule has 3 atom stereocenters. The van der Waals surface area contributed by atoms with Crippen molar-refractivity contribution in [1.29, 1.82) is 0 Å². The van der Waals surface area contributed by atoms with Gasteiger partial charge in [-0.2, -0.15) is 0 Å². The Morgan fingerprint density at radius 2 is 2.25 bits per heavy atom. The number of nitrogens with zero attached hydrogens (tertiary/aromatic N) is 1. The Morgan fingerprint density at radius 1 is 1.30 bits per heavy atom. The summed E-state index contributed by atoms with van der Waals surface area (Å²) in [6, 6.07) is 8.37. The SMILES string of the molecule is O=C(NC1CC2CCN(C2)C1)c1ccc2sccc2c1. The summed E-state index contributed by atoms with van der Waals surface area (Å²) in [6.45, 7) is 3.45. The minimum atomic E-state index is 0.0746. The molecule has 4 heteroatoms. The van der Waals surface area contributed by atoms with Crippen LogP contribution in [0.5, 0.6) is 0 Å². The molecule has 0 aliphatic carbocycles. The Bertz CT molecular complexity index is 639. The van der Waals surface area contributed by atoms with Crippen molar-refractivity contribution in [2.45, 2.75) is 18.9 Å². The van der Waals surface area contributed by atoms with Crippen LogP contribution in [0.2, 0.25) is 0 Å². The highest BCUT2D eigenvalue weighted by molar-refractivity contribution is 7.17. The second-order valence-electron chi connectivity index (χ2n) is 5.99. The first-order valence-electron chi connectivity index (χ1n) is 7.28. The molecule has 104 valence electrons. The molecule has 2 aliphatic heterocycles. The lowest BCUT2D eigenvalue weighted by atomic mass is 9.96. The van der Waals surface area contributed by atoms with Crippen molar-refractivity contribution < 1.29 is 4.79 Å². The van der Waals surface area contributed by atoms with E-state index in [0.717, 1.165) is 29.8 Å². The van der Waals surface area contributed by atoms with E-state index in [9.17, 15) is 4.79 Å². The van der Waals surface area contributed by atoms with Gasteiger partial charge in [0, 0.05) is 29.4 Å². The number of benzene rings is 1. The van der Waals surface area contributed by atoms with Gasteiger partial charge in [-0.05, 0) is 60.3 Å². The molecule has 3 unspecified atom stereocenters. The zero-order valence-electron chi connectivity index (χ0n) is 11.3. The van der Waals surface area contributed by atoms with Crippen LogP contribution in [-0.2, 0) is 0 Å². The standard InChI is InChI=1S/C16H18N2OS/c19-16(13-1-2-15-12(8-13)4-6-20-15)17-14-7-11-3-5-18(9-11)10-14/h1-2,4,6,8,11,14H,3,5,7,9-10H2,(H,17,19). The van der Waals surface area contributed by atoms with Gasteiger partial charge in [-0.3, -0.25) is 4.79 Å². The highest BCUT2D eigenvalue weighted by Gasteiger charge is 2.32. The number of carbonyl (C=O) groups excluding carboxylic acids is 1. The third-order valence-corrected chi connectivity index (χ3v) is 5.41. The molecule has 0 spiro atoms. The number of carbonyl (C=O) groups is 1. The lowest BCUT2D eigenvalue weighted by Gasteiger charge is -2.30. The molecule has 2 aromatic rings. The van der Waals surface area contributed by atoms with Crippen LogP contribution in [0.15, 0.2) is 29.6 Å². The van der Waals surface area contributed by atoms with Gasteiger partial charge in [0.1, 0.15) is 0 Å². The number of hydrogen-bond donors (Lipinski definition) is 1. The number of piperidine rings is 1. The maximum absolute atomic E-state index is 12.4. The summed E-state index contributed by atoms with van der Waals surface area (Å²) in [5.74, 6) is 0.860. The maximum Gasteiger partial charge on any atom is 0.251 e. The summed E-state index contributed by atoms with van der Waals surface area (Å²) in [6.07, 6.45) is 2.44. The highest BCUT2D eigenvalue weighted by atomic mass is 32.1. The Balaban J connectivity index is 1.49. The maximum atomic E-state index is 12.4. The fourth-order valence-corrected chi connectivity index (χ4v) is 4.31. The zero-order valence-corrected chi connectivity index (χ0v) is 12.2. The van der Waals surface area contributed by atoms with Gasteiger partial charge in [-0.1, -0.05) is 0 Å². The van der Waals surface area contributed by atoms with E-state index < -0.39 is 0 Å². The number of hydrogen-bond acceptors (Lipinski definition) is 3. The van der Waals surface area contributed by atoms with Gasteiger partial charge in [0.15, 0.2) is 0 Å². The monoisotopic (exact) mass is 286 g/mol. The first-order valence-corrected chi connectivity index (χ1v) is 8.16. The van der Waals surface area contributed by atoms with Crippen LogP contribution in [0.3, 0.4) is 0 Å². The van der Waals surface area contributed by atoms with Gasteiger partial charge in [0.25, 0.3) is 5.91 Å². The predicted octanol–water partition coefficient (Wildman–Crippen LogP) is 2.73. The summed E-state index contributed by atoms with van der Waals surface area (Å²) < 4.78 is 1.24. The van der Waals surface area contributed by atoms with Crippen molar-refractivity contribution in [3.05, 3.63) is 35.2 Å². The van der Waals surface area contributed by atoms with E-state index in [2.05, 4.69) is 21.7 Å². The smallest absolute Gasteiger partial charge is 0.251 e. The Morgan fingerprint density at radius 3 is 3.15 bits per heavy atom. The number of amides is 1. The lowest BCUT2D eigenvalue weighted by Crippen LogP contribution is -2.47. The Kier molecular flexibility index (Phi) is 3.00. The Labute approximate surface area is 122 Å². The highest BCUT2D eigenvalue weighted by Crippen LogP contribution is 2.27. The number of fused-ring (bicyclic) bond motifs is 3. The molecule has 1 aromatic carbocycles. The fraction of sp³-hybridized carbons (Fsp3) is 0.438. The second-order valence-corrected chi connectivity index (χ2v) is 6.94. The lowest BCUT2D eigenvalue weighted by molar-refractivity contribution is 0.0909. The topological polar surface area (TPSA) is 32.3 Å². The second kappa shape index (κ2) is 4.86. The summed E-state index contributed by atoms with van der Waals surface area (Å²) >= 11 is 1.71. The van der Waals surface area contributed by atoms with Gasteiger partial charge in [-0.15, -0.1) is 11.3 Å². The normalized spacial score (nSPS) is 28.7. The van der Waals surface area contributed by atoms with E-state index in [1.807, 2.05) is 18.2 Å². The van der Waals surface area contributed by atoms with Crippen LogP contribution < -0.4 is 5.32 Å². The number of nitrogens with one attached hydrogen (secondary N) is 1. The Hall–Kier alpha value is -1.39. The quantitative estimate of drug-likeness (QED) is 0.920. The third kappa shape index (κ3) is 2.23. The average Bonchev–Trinajstić information content (AvgIpc) is 3.04. The van der Waals surface area contributed by atoms with Crippen LogP contribution in [0, 0.1) is 5.92 Å². The molecule has 4 rings (SSSR count). The minimum Gasteiger partial charge on any atom is -0.348 e. The number of thiophene rings is 1. The van der Waals surface area contributed by atoms with E-state index in [1.165, 1.54) is 24.2 Å². The summed E-state index contributed by atoms with van der Waals surface area (Å²) in [4.78, 5) is 14.9. The fourth-order valence-electron chi connectivity index (χ4n) is 3.54. The third-order valence-electron chi connectivity index (χ3n) is 4.52. The zero-order chi connectivity index (χ0) is 13.5. The molecule has 1 amide bonds. The first-order chi connectivity index (χ1) is 9.78. The van der Waals surface area contributed by atoms with Crippen LogP contribution in [0.25, 0.3) is 10.1 Å². The molecule has 1 aromatic heterocycles. The summed E-state index contributed by atoms with van der Waals surface area (Å²) in [5, 5.41) is 6.45. The van der Waals surface area contributed by atoms with Crippen molar-refractivity contribution in [2.24, 2.45) is 5.92 Å². The molecule has 1 N–H and O–H groups in total. The van der Waals surface area contributed by atoms with E-state index in [0.29, 0.717) is 6.04 Å². The van der Waals surface area contributed by atoms with Crippen LogP contribution in [0.4, 0.5) is 0 Å². The molecular formula is C16H18N2OS.